The van der Waals surface area contributed by atoms with Crippen LogP contribution in [0.25, 0.3) is 0 Å². The number of methoxy groups -OCH3 is 1. The molecule has 0 amide bonds. The van der Waals surface area contributed by atoms with Gasteiger partial charge in [-0.15, -0.1) is 12.4 Å². The largest absolute Gasteiger partial charge is 0.497 e. The van der Waals surface area contributed by atoms with Gasteiger partial charge in [0.1, 0.15) is 5.75 Å². The number of benzene rings is 1. The number of hydrogen-bond donors (Lipinski definition) is 1. The highest BCUT2D eigenvalue weighted by Crippen LogP contribution is 2.12. The minimum Gasteiger partial charge on any atom is -0.497 e. The van der Waals surface area contributed by atoms with Crippen LogP contribution in [-0.4, -0.2) is 13.7 Å². The predicted molar refractivity (Wildman–Crippen MR) is 76.1 cm³/mol. The summed E-state index contributed by atoms with van der Waals surface area (Å²) in [6.07, 6.45) is 5.26. The molecule has 3 heteroatoms. The summed E-state index contributed by atoms with van der Waals surface area (Å²) in [5.74, 6) is 0.935. The van der Waals surface area contributed by atoms with Crippen molar-refractivity contribution in [1.29, 1.82) is 0 Å². The van der Waals surface area contributed by atoms with Gasteiger partial charge >= 0.3 is 0 Å². The third kappa shape index (κ3) is 7.24. The molecular weight excluding hydrogens is 234 g/mol. The first-order chi connectivity index (χ1) is 7.86. The lowest BCUT2D eigenvalue weighted by molar-refractivity contribution is 0.414. The van der Waals surface area contributed by atoms with E-state index < -0.39 is 0 Å². The zero-order valence-electron chi connectivity index (χ0n) is 10.9. The van der Waals surface area contributed by atoms with Crippen molar-refractivity contribution >= 4 is 12.4 Å². The zero-order chi connectivity index (χ0) is 11.6. The summed E-state index contributed by atoms with van der Waals surface area (Å²) < 4.78 is 5.19. The normalized spacial score (nSPS) is 9.76. The van der Waals surface area contributed by atoms with E-state index in [-0.39, 0.29) is 12.4 Å². The van der Waals surface area contributed by atoms with Crippen molar-refractivity contribution < 1.29 is 4.74 Å². The number of halogens is 1. The standard InChI is InChI=1S/C14H23NO.ClH/c1-3-4-5-6-10-15-12-13-8-7-9-14(11-13)16-2;/h7-9,11,15H,3-6,10,12H2,1-2H3;1H. The van der Waals surface area contributed by atoms with Crippen molar-refractivity contribution in [3.63, 3.8) is 0 Å². The van der Waals surface area contributed by atoms with Crippen molar-refractivity contribution in [3.05, 3.63) is 29.8 Å². The van der Waals surface area contributed by atoms with Gasteiger partial charge in [-0.2, -0.15) is 0 Å². The molecule has 1 aromatic carbocycles. The molecule has 0 aromatic heterocycles. The number of nitrogens with one attached hydrogen (secondary N) is 1. The Bertz CT molecular complexity index is 291. The molecule has 1 N–H and O–H groups in total. The number of hydrogen-bond acceptors (Lipinski definition) is 2. The second kappa shape index (κ2) is 10.4. The Morgan fingerprint density at radius 1 is 1.18 bits per heavy atom. The van der Waals surface area contributed by atoms with Crippen LogP contribution in [-0.2, 0) is 6.54 Å². The van der Waals surface area contributed by atoms with Gasteiger partial charge in [0.25, 0.3) is 0 Å². The van der Waals surface area contributed by atoms with Gasteiger partial charge in [-0.1, -0.05) is 38.3 Å². The fourth-order valence-electron chi connectivity index (χ4n) is 1.69. The Morgan fingerprint density at radius 3 is 2.71 bits per heavy atom. The van der Waals surface area contributed by atoms with Crippen LogP contribution in [0.5, 0.6) is 5.75 Å². The van der Waals surface area contributed by atoms with Gasteiger partial charge in [0, 0.05) is 6.54 Å². The molecule has 0 aliphatic rings. The van der Waals surface area contributed by atoms with Gasteiger partial charge in [0.15, 0.2) is 0 Å². The quantitative estimate of drug-likeness (QED) is 0.716. The molecule has 0 fully saturated rings. The van der Waals surface area contributed by atoms with E-state index in [0.29, 0.717) is 0 Å². The molecule has 0 spiro atoms. The molecule has 1 rings (SSSR count). The summed E-state index contributed by atoms with van der Waals surface area (Å²) in [7, 11) is 1.71. The van der Waals surface area contributed by atoms with Crippen LogP contribution in [0.4, 0.5) is 0 Å². The molecule has 2 nitrogen and oxygen atoms in total. The molecule has 0 saturated heterocycles. The number of unbranched alkanes of at least 4 members (excludes halogenated alkanes) is 3. The maximum absolute atomic E-state index is 5.19. The van der Waals surface area contributed by atoms with Crippen LogP contribution in [0, 0.1) is 0 Å². The summed E-state index contributed by atoms with van der Waals surface area (Å²) in [6.45, 7) is 4.28. The van der Waals surface area contributed by atoms with Crippen molar-refractivity contribution in [2.45, 2.75) is 39.2 Å². The molecule has 0 bridgehead atoms. The second-order valence-electron chi connectivity index (χ2n) is 4.09. The summed E-state index contributed by atoms with van der Waals surface area (Å²) in [6, 6.07) is 8.22. The molecule has 0 heterocycles. The fourth-order valence-corrected chi connectivity index (χ4v) is 1.69. The topological polar surface area (TPSA) is 21.3 Å². The summed E-state index contributed by atoms with van der Waals surface area (Å²) in [5.41, 5.74) is 1.29. The van der Waals surface area contributed by atoms with E-state index in [2.05, 4.69) is 24.4 Å². The van der Waals surface area contributed by atoms with Crippen molar-refractivity contribution in [1.82, 2.24) is 5.32 Å². The Balaban J connectivity index is 0.00000256. The van der Waals surface area contributed by atoms with Crippen LogP contribution >= 0.6 is 12.4 Å². The fraction of sp³-hybridized carbons (Fsp3) is 0.571. The Labute approximate surface area is 111 Å². The molecule has 0 saturated carbocycles. The summed E-state index contributed by atoms with van der Waals surface area (Å²) >= 11 is 0. The lowest BCUT2D eigenvalue weighted by Crippen LogP contribution is -2.14. The van der Waals surface area contributed by atoms with Gasteiger partial charge in [0.2, 0.25) is 0 Å². The van der Waals surface area contributed by atoms with Gasteiger partial charge in [-0.25, -0.2) is 0 Å². The minimum atomic E-state index is 0. The molecule has 1 aromatic rings. The molecule has 0 atom stereocenters. The summed E-state index contributed by atoms with van der Waals surface area (Å²) in [5, 5.41) is 3.46. The second-order valence-corrected chi connectivity index (χ2v) is 4.09. The Hall–Kier alpha value is -0.730. The lowest BCUT2D eigenvalue weighted by atomic mass is 10.2. The van der Waals surface area contributed by atoms with Crippen LogP contribution in [0.2, 0.25) is 0 Å². The van der Waals surface area contributed by atoms with E-state index in [9.17, 15) is 0 Å². The SMILES string of the molecule is CCCCCCNCc1cccc(OC)c1.Cl. The third-order valence-electron chi connectivity index (χ3n) is 2.67. The highest BCUT2D eigenvalue weighted by Gasteiger charge is 1.95. The first-order valence-corrected chi connectivity index (χ1v) is 6.20. The molecule has 0 unspecified atom stereocenters. The van der Waals surface area contributed by atoms with Crippen LogP contribution in [0.3, 0.4) is 0 Å². The molecular formula is C14H24ClNO. The van der Waals surface area contributed by atoms with E-state index >= 15 is 0 Å². The number of rotatable bonds is 8. The molecule has 0 aliphatic heterocycles. The van der Waals surface area contributed by atoms with Crippen molar-refractivity contribution in [3.8, 4) is 5.75 Å². The number of ether oxygens (including phenoxy) is 1. The van der Waals surface area contributed by atoms with E-state index in [4.69, 9.17) is 4.74 Å². The van der Waals surface area contributed by atoms with Crippen LogP contribution < -0.4 is 10.1 Å². The van der Waals surface area contributed by atoms with Gasteiger partial charge in [0.05, 0.1) is 7.11 Å². The lowest BCUT2D eigenvalue weighted by Gasteiger charge is -2.06. The average Bonchev–Trinajstić information content (AvgIpc) is 2.34. The van der Waals surface area contributed by atoms with Crippen LogP contribution in [0.1, 0.15) is 38.2 Å². The van der Waals surface area contributed by atoms with Crippen molar-refractivity contribution in [2.24, 2.45) is 0 Å². The first-order valence-electron chi connectivity index (χ1n) is 6.20. The molecule has 98 valence electrons. The highest BCUT2D eigenvalue weighted by atomic mass is 35.5. The summed E-state index contributed by atoms with van der Waals surface area (Å²) in [4.78, 5) is 0. The smallest absolute Gasteiger partial charge is 0.119 e. The average molecular weight is 258 g/mol. The zero-order valence-corrected chi connectivity index (χ0v) is 11.7. The van der Waals surface area contributed by atoms with Gasteiger partial charge in [-0.05, 0) is 30.7 Å². The van der Waals surface area contributed by atoms with E-state index in [1.54, 1.807) is 7.11 Å². The molecule has 0 radical (unpaired) electrons. The highest BCUT2D eigenvalue weighted by molar-refractivity contribution is 5.85. The minimum absolute atomic E-state index is 0. The van der Waals surface area contributed by atoms with E-state index in [0.717, 1.165) is 18.8 Å². The molecule has 0 aliphatic carbocycles. The monoisotopic (exact) mass is 257 g/mol. The van der Waals surface area contributed by atoms with E-state index in [1.807, 2.05) is 12.1 Å². The maximum atomic E-state index is 5.19. The maximum Gasteiger partial charge on any atom is 0.119 e. The Morgan fingerprint density at radius 2 is 2.00 bits per heavy atom. The predicted octanol–water partition coefficient (Wildman–Crippen LogP) is 3.79. The Kier molecular flexibility index (Phi) is 9.98. The van der Waals surface area contributed by atoms with Gasteiger partial charge < -0.3 is 10.1 Å². The van der Waals surface area contributed by atoms with Crippen molar-refractivity contribution in [2.75, 3.05) is 13.7 Å². The van der Waals surface area contributed by atoms with E-state index in [1.165, 1.54) is 31.2 Å². The van der Waals surface area contributed by atoms with Crippen LogP contribution in [0.15, 0.2) is 24.3 Å². The first kappa shape index (κ1) is 16.3. The third-order valence-corrected chi connectivity index (χ3v) is 2.67. The molecule has 17 heavy (non-hydrogen) atoms. The van der Waals surface area contributed by atoms with Gasteiger partial charge in [-0.3, -0.25) is 0 Å².